The average Bonchev–Trinajstić information content (AvgIpc) is 2.42. The van der Waals surface area contributed by atoms with Gasteiger partial charge in [-0.15, -0.1) is 0 Å². The van der Waals surface area contributed by atoms with Crippen LogP contribution in [0.15, 0.2) is 0 Å². The Labute approximate surface area is 122 Å². The summed E-state index contributed by atoms with van der Waals surface area (Å²) in [7, 11) is 0. The topological polar surface area (TPSA) is 166 Å². The van der Waals surface area contributed by atoms with Crippen molar-refractivity contribution in [2.45, 2.75) is 62.3 Å². The number of hydrogen-bond acceptors (Lipinski definition) is 9. The zero-order valence-electron chi connectivity index (χ0n) is 11.7. The standard InChI is InChI=1S/C6H13NO3.C6H12O5/c7-6-2-4(9)1-5(3-8)10-6;7-2-4-6(10)3(8)1-5(9)11-4/h4-6,8-9H,1-3,7H2;3-10H,1-2H2/t4-,5-,6?;3-,4-,5?,6-/m01/s1. The maximum absolute atomic E-state index is 9.11. The van der Waals surface area contributed by atoms with E-state index in [1.807, 2.05) is 0 Å². The molecule has 9 heteroatoms. The highest BCUT2D eigenvalue weighted by molar-refractivity contribution is 4.81. The molecule has 2 heterocycles. The predicted molar refractivity (Wildman–Crippen MR) is 69.8 cm³/mol. The molecular formula is C12H25NO8. The van der Waals surface area contributed by atoms with Crippen LogP contribution in [-0.4, -0.2) is 86.9 Å². The van der Waals surface area contributed by atoms with E-state index in [0.717, 1.165) is 0 Å². The first-order valence-electron chi connectivity index (χ1n) is 6.87. The van der Waals surface area contributed by atoms with Crippen LogP contribution < -0.4 is 5.73 Å². The summed E-state index contributed by atoms with van der Waals surface area (Å²) < 4.78 is 9.79. The zero-order valence-corrected chi connectivity index (χ0v) is 11.7. The molecule has 0 aromatic carbocycles. The van der Waals surface area contributed by atoms with E-state index in [2.05, 4.69) is 0 Å². The fraction of sp³-hybridized carbons (Fsp3) is 1.00. The smallest absolute Gasteiger partial charge is 0.157 e. The number of nitrogens with two attached hydrogens (primary N) is 1. The Hall–Kier alpha value is -0.360. The first-order chi connectivity index (χ1) is 9.87. The van der Waals surface area contributed by atoms with Crippen molar-refractivity contribution >= 4 is 0 Å². The minimum Gasteiger partial charge on any atom is -0.394 e. The van der Waals surface area contributed by atoms with Crippen molar-refractivity contribution in [2.75, 3.05) is 13.2 Å². The molecule has 126 valence electrons. The second kappa shape index (κ2) is 8.93. The lowest BCUT2D eigenvalue weighted by Gasteiger charge is -2.33. The van der Waals surface area contributed by atoms with Crippen molar-refractivity contribution in [3.63, 3.8) is 0 Å². The molecule has 0 bridgehead atoms. The third kappa shape index (κ3) is 6.10. The van der Waals surface area contributed by atoms with Gasteiger partial charge in [-0.05, 0) is 0 Å². The summed E-state index contributed by atoms with van der Waals surface area (Å²) in [6.07, 6.45) is -4.27. The number of ether oxygens (including phenoxy) is 2. The molecule has 0 spiro atoms. The molecule has 2 unspecified atom stereocenters. The first kappa shape index (κ1) is 18.7. The Balaban J connectivity index is 0.000000211. The van der Waals surface area contributed by atoms with Gasteiger partial charge in [-0.3, -0.25) is 0 Å². The van der Waals surface area contributed by atoms with Gasteiger partial charge in [0.25, 0.3) is 0 Å². The van der Waals surface area contributed by atoms with Crippen molar-refractivity contribution in [2.24, 2.45) is 5.73 Å². The Bertz CT molecular complexity index is 284. The summed E-state index contributed by atoms with van der Waals surface area (Å²) in [6.45, 7) is -0.472. The van der Waals surface area contributed by atoms with E-state index in [1.54, 1.807) is 0 Å². The van der Waals surface area contributed by atoms with Gasteiger partial charge in [0, 0.05) is 19.3 Å². The Morgan fingerprint density at radius 1 is 0.905 bits per heavy atom. The highest BCUT2D eigenvalue weighted by atomic mass is 16.6. The quantitative estimate of drug-likeness (QED) is 0.275. The monoisotopic (exact) mass is 311 g/mol. The van der Waals surface area contributed by atoms with Crippen molar-refractivity contribution in [3.8, 4) is 0 Å². The Kier molecular flexibility index (Phi) is 7.95. The third-order valence-electron chi connectivity index (χ3n) is 3.34. The minimum absolute atomic E-state index is 0.0162. The van der Waals surface area contributed by atoms with Crippen LogP contribution in [-0.2, 0) is 9.47 Å². The van der Waals surface area contributed by atoms with Crippen molar-refractivity contribution in [3.05, 3.63) is 0 Å². The molecule has 8 N–H and O–H groups in total. The predicted octanol–water partition coefficient (Wildman–Crippen LogP) is -3.39. The van der Waals surface area contributed by atoms with E-state index in [0.29, 0.717) is 12.8 Å². The Morgan fingerprint density at radius 3 is 2.10 bits per heavy atom. The van der Waals surface area contributed by atoms with Gasteiger partial charge in [0.2, 0.25) is 0 Å². The number of hydrogen-bond donors (Lipinski definition) is 7. The summed E-state index contributed by atoms with van der Waals surface area (Å²) in [6, 6.07) is 0. The second-order valence-electron chi connectivity index (χ2n) is 5.21. The van der Waals surface area contributed by atoms with Crippen LogP contribution in [0.2, 0.25) is 0 Å². The van der Waals surface area contributed by atoms with E-state index < -0.39 is 43.5 Å². The summed E-state index contributed by atoms with van der Waals surface area (Å²) in [5.74, 6) is 0. The minimum atomic E-state index is -1.11. The fourth-order valence-electron chi connectivity index (χ4n) is 2.23. The molecule has 2 aliphatic heterocycles. The van der Waals surface area contributed by atoms with E-state index in [1.165, 1.54) is 0 Å². The molecule has 0 radical (unpaired) electrons. The van der Waals surface area contributed by atoms with Gasteiger partial charge in [0.05, 0.1) is 31.5 Å². The normalized spacial score (nSPS) is 43.9. The van der Waals surface area contributed by atoms with Crippen molar-refractivity contribution in [1.82, 2.24) is 0 Å². The molecule has 7 atom stereocenters. The average molecular weight is 311 g/mol. The van der Waals surface area contributed by atoms with E-state index >= 15 is 0 Å². The molecular weight excluding hydrogens is 286 g/mol. The summed E-state index contributed by atoms with van der Waals surface area (Å²) >= 11 is 0. The van der Waals surface area contributed by atoms with Crippen molar-refractivity contribution in [1.29, 1.82) is 0 Å². The van der Waals surface area contributed by atoms with Gasteiger partial charge in [-0.2, -0.15) is 0 Å². The third-order valence-corrected chi connectivity index (χ3v) is 3.34. The van der Waals surface area contributed by atoms with E-state index in [-0.39, 0.29) is 19.1 Å². The number of aliphatic hydroxyl groups is 6. The van der Waals surface area contributed by atoms with Crippen LogP contribution in [0.5, 0.6) is 0 Å². The van der Waals surface area contributed by atoms with Gasteiger partial charge in [0.1, 0.15) is 18.4 Å². The lowest BCUT2D eigenvalue weighted by Crippen LogP contribution is -2.49. The lowest BCUT2D eigenvalue weighted by atomic mass is 10.0. The van der Waals surface area contributed by atoms with Crippen LogP contribution >= 0.6 is 0 Å². The molecule has 2 rings (SSSR count). The summed E-state index contributed by atoms with van der Waals surface area (Å²) in [4.78, 5) is 0. The molecule has 0 saturated carbocycles. The molecule has 0 aromatic heterocycles. The molecule has 0 amide bonds. The molecule has 9 nitrogen and oxygen atoms in total. The SMILES string of the molecule is NC1C[C@@H](O)C[C@@H](CO)O1.OC[C@H]1OC(O)C[C@@H](O)[C@H]1O. The number of rotatable bonds is 2. The molecule has 0 aliphatic carbocycles. The highest BCUT2D eigenvalue weighted by Crippen LogP contribution is 2.18. The van der Waals surface area contributed by atoms with Gasteiger partial charge >= 0.3 is 0 Å². The lowest BCUT2D eigenvalue weighted by molar-refractivity contribution is -0.239. The number of aliphatic hydroxyl groups excluding tert-OH is 6. The maximum atomic E-state index is 9.11. The van der Waals surface area contributed by atoms with Crippen LogP contribution in [0.3, 0.4) is 0 Å². The largest absolute Gasteiger partial charge is 0.394 e. The second-order valence-corrected chi connectivity index (χ2v) is 5.21. The van der Waals surface area contributed by atoms with Crippen LogP contribution in [0.1, 0.15) is 19.3 Å². The molecule has 0 aromatic rings. The molecule has 2 saturated heterocycles. The molecule has 21 heavy (non-hydrogen) atoms. The summed E-state index contributed by atoms with van der Waals surface area (Å²) in [5.41, 5.74) is 5.40. The maximum Gasteiger partial charge on any atom is 0.157 e. The van der Waals surface area contributed by atoms with E-state index in [9.17, 15) is 0 Å². The molecule has 2 fully saturated rings. The highest BCUT2D eigenvalue weighted by Gasteiger charge is 2.35. The van der Waals surface area contributed by atoms with Gasteiger partial charge in [0.15, 0.2) is 6.29 Å². The molecule has 2 aliphatic rings. The van der Waals surface area contributed by atoms with Crippen LogP contribution in [0.4, 0.5) is 0 Å². The zero-order chi connectivity index (χ0) is 16.0. The first-order valence-corrected chi connectivity index (χ1v) is 6.87. The van der Waals surface area contributed by atoms with Crippen LogP contribution in [0.25, 0.3) is 0 Å². The van der Waals surface area contributed by atoms with Crippen molar-refractivity contribution < 1.29 is 40.1 Å². The van der Waals surface area contributed by atoms with Gasteiger partial charge < -0.3 is 45.8 Å². The Morgan fingerprint density at radius 2 is 1.57 bits per heavy atom. The van der Waals surface area contributed by atoms with Gasteiger partial charge in [-0.1, -0.05) is 0 Å². The van der Waals surface area contributed by atoms with Crippen LogP contribution in [0, 0.1) is 0 Å². The van der Waals surface area contributed by atoms with Gasteiger partial charge in [-0.25, -0.2) is 0 Å². The fourth-order valence-corrected chi connectivity index (χ4v) is 2.23. The van der Waals surface area contributed by atoms with E-state index in [4.69, 9.17) is 45.8 Å². The summed E-state index contributed by atoms with van der Waals surface area (Å²) in [5, 5.41) is 53.4.